The van der Waals surface area contributed by atoms with Crippen LogP contribution in [-0.4, -0.2) is 35.3 Å². The summed E-state index contributed by atoms with van der Waals surface area (Å²) in [5.41, 5.74) is 0. The summed E-state index contributed by atoms with van der Waals surface area (Å²) >= 11 is 0. The summed E-state index contributed by atoms with van der Waals surface area (Å²) in [6.45, 7) is 8.87. The fourth-order valence-electron chi connectivity index (χ4n) is 3.54. The van der Waals surface area contributed by atoms with Crippen molar-refractivity contribution in [1.29, 1.82) is 0 Å². The fraction of sp³-hybridized carbons (Fsp3) is 0.882. The number of amides is 2. The van der Waals surface area contributed by atoms with Gasteiger partial charge in [-0.2, -0.15) is 0 Å². The third-order valence-electron chi connectivity index (χ3n) is 5.27. The average molecular weight is 294 g/mol. The SMILES string of the molecule is CC1CCC(CCN2C(=O)C(C(C)C)NC(=O)C2C)CC1. The molecule has 4 heteroatoms. The molecule has 2 atom stereocenters. The molecule has 4 nitrogen and oxygen atoms in total. The van der Waals surface area contributed by atoms with Crippen LogP contribution >= 0.6 is 0 Å². The first-order chi connectivity index (χ1) is 9.90. The highest BCUT2D eigenvalue weighted by Crippen LogP contribution is 2.31. The first kappa shape index (κ1) is 16.3. The van der Waals surface area contributed by atoms with E-state index in [1.807, 2.05) is 25.7 Å². The van der Waals surface area contributed by atoms with E-state index < -0.39 is 0 Å². The van der Waals surface area contributed by atoms with Crippen LogP contribution in [0.1, 0.15) is 59.8 Å². The molecule has 1 heterocycles. The Labute approximate surface area is 128 Å². The van der Waals surface area contributed by atoms with Crippen molar-refractivity contribution in [2.45, 2.75) is 71.9 Å². The molecule has 2 aliphatic rings. The second-order valence-electron chi connectivity index (χ2n) is 7.35. The number of hydrogen-bond acceptors (Lipinski definition) is 2. The molecule has 2 fully saturated rings. The number of carbonyl (C=O) groups is 2. The number of piperazine rings is 1. The molecule has 120 valence electrons. The van der Waals surface area contributed by atoms with Crippen LogP contribution in [0.2, 0.25) is 0 Å². The van der Waals surface area contributed by atoms with Crippen LogP contribution in [-0.2, 0) is 9.59 Å². The summed E-state index contributed by atoms with van der Waals surface area (Å²) in [4.78, 5) is 26.4. The van der Waals surface area contributed by atoms with Crippen LogP contribution in [0.3, 0.4) is 0 Å². The first-order valence-electron chi connectivity index (χ1n) is 8.51. The Morgan fingerprint density at radius 2 is 1.76 bits per heavy atom. The average Bonchev–Trinajstić information content (AvgIpc) is 2.44. The largest absolute Gasteiger partial charge is 0.342 e. The van der Waals surface area contributed by atoms with Gasteiger partial charge in [-0.15, -0.1) is 0 Å². The summed E-state index contributed by atoms with van der Waals surface area (Å²) in [5.74, 6) is 1.82. The Morgan fingerprint density at radius 3 is 2.33 bits per heavy atom. The summed E-state index contributed by atoms with van der Waals surface area (Å²) in [6.07, 6.45) is 6.21. The van der Waals surface area contributed by atoms with Crippen molar-refractivity contribution in [2.24, 2.45) is 17.8 Å². The molecule has 2 rings (SSSR count). The maximum atomic E-state index is 12.6. The molecule has 1 saturated carbocycles. The summed E-state index contributed by atoms with van der Waals surface area (Å²) in [7, 11) is 0. The van der Waals surface area contributed by atoms with Gasteiger partial charge in [0, 0.05) is 6.54 Å². The van der Waals surface area contributed by atoms with E-state index in [1.165, 1.54) is 25.7 Å². The van der Waals surface area contributed by atoms with Crippen molar-refractivity contribution in [3.8, 4) is 0 Å². The maximum Gasteiger partial charge on any atom is 0.246 e. The predicted octanol–water partition coefficient (Wildman–Crippen LogP) is 2.57. The predicted molar refractivity (Wildman–Crippen MR) is 83.7 cm³/mol. The molecule has 1 aliphatic carbocycles. The van der Waals surface area contributed by atoms with Gasteiger partial charge in [-0.25, -0.2) is 0 Å². The van der Waals surface area contributed by atoms with E-state index in [2.05, 4.69) is 12.2 Å². The number of hydrogen-bond donors (Lipinski definition) is 1. The molecule has 0 radical (unpaired) electrons. The number of carbonyl (C=O) groups excluding carboxylic acids is 2. The molecule has 0 aromatic rings. The third kappa shape index (κ3) is 3.78. The molecule has 2 amide bonds. The van der Waals surface area contributed by atoms with Crippen LogP contribution in [0.15, 0.2) is 0 Å². The highest BCUT2D eigenvalue weighted by molar-refractivity contribution is 5.96. The molecule has 1 N–H and O–H groups in total. The molecule has 0 aromatic heterocycles. The van der Waals surface area contributed by atoms with E-state index in [9.17, 15) is 9.59 Å². The Balaban J connectivity index is 1.93. The highest BCUT2D eigenvalue weighted by Gasteiger charge is 2.39. The monoisotopic (exact) mass is 294 g/mol. The number of nitrogens with zero attached hydrogens (tertiary/aromatic N) is 1. The number of rotatable bonds is 4. The molecule has 1 aliphatic heterocycles. The van der Waals surface area contributed by atoms with E-state index >= 15 is 0 Å². The van der Waals surface area contributed by atoms with Gasteiger partial charge in [0.25, 0.3) is 0 Å². The zero-order valence-corrected chi connectivity index (χ0v) is 13.9. The van der Waals surface area contributed by atoms with E-state index in [0.717, 1.165) is 24.8 Å². The quantitative estimate of drug-likeness (QED) is 0.866. The number of nitrogens with one attached hydrogen (secondary N) is 1. The molecule has 0 aromatic carbocycles. The van der Waals surface area contributed by atoms with E-state index in [1.54, 1.807) is 0 Å². The molecule has 1 saturated heterocycles. The molecule has 21 heavy (non-hydrogen) atoms. The van der Waals surface area contributed by atoms with E-state index in [-0.39, 0.29) is 29.8 Å². The van der Waals surface area contributed by atoms with Crippen molar-refractivity contribution in [1.82, 2.24) is 10.2 Å². The van der Waals surface area contributed by atoms with E-state index in [4.69, 9.17) is 0 Å². The lowest BCUT2D eigenvalue weighted by atomic mass is 9.81. The van der Waals surface area contributed by atoms with Crippen LogP contribution in [0.5, 0.6) is 0 Å². The minimum atomic E-state index is -0.347. The van der Waals surface area contributed by atoms with Gasteiger partial charge in [0.2, 0.25) is 11.8 Å². The van der Waals surface area contributed by atoms with Gasteiger partial charge < -0.3 is 10.2 Å². The normalized spacial score (nSPS) is 34.2. The van der Waals surface area contributed by atoms with Gasteiger partial charge in [-0.05, 0) is 31.1 Å². The smallest absolute Gasteiger partial charge is 0.246 e. The van der Waals surface area contributed by atoms with Crippen molar-refractivity contribution in [3.05, 3.63) is 0 Å². The van der Waals surface area contributed by atoms with Crippen molar-refractivity contribution >= 4 is 11.8 Å². The minimum absolute atomic E-state index is 0.00873. The Bertz CT molecular complexity index is 386. The molecule has 0 spiro atoms. The van der Waals surface area contributed by atoms with Crippen LogP contribution in [0, 0.1) is 17.8 Å². The minimum Gasteiger partial charge on any atom is -0.342 e. The third-order valence-corrected chi connectivity index (χ3v) is 5.27. The van der Waals surface area contributed by atoms with Crippen molar-refractivity contribution in [3.63, 3.8) is 0 Å². The van der Waals surface area contributed by atoms with Crippen molar-refractivity contribution < 1.29 is 9.59 Å². The lowest BCUT2D eigenvalue weighted by molar-refractivity contribution is -0.150. The standard InChI is InChI=1S/C17H30N2O2/c1-11(2)15-17(21)19(13(4)16(20)18-15)10-9-14-7-5-12(3)6-8-14/h11-15H,5-10H2,1-4H3,(H,18,20). The van der Waals surface area contributed by atoms with Gasteiger partial charge in [-0.1, -0.05) is 46.5 Å². The Kier molecular flexibility index (Phi) is 5.28. The Morgan fingerprint density at radius 1 is 1.14 bits per heavy atom. The zero-order chi connectivity index (χ0) is 15.6. The maximum absolute atomic E-state index is 12.6. The summed E-state index contributed by atoms with van der Waals surface area (Å²) in [5, 5.41) is 2.86. The van der Waals surface area contributed by atoms with Crippen LogP contribution < -0.4 is 5.32 Å². The molecule has 2 unspecified atom stereocenters. The second kappa shape index (κ2) is 6.80. The zero-order valence-electron chi connectivity index (χ0n) is 13.9. The van der Waals surface area contributed by atoms with Crippen molar-refractivity contribution in [2.75, 3.05) is 6.54 Å². The van der Waals surface area contributed by atoms with Gasteiger partial charge >= 0.3 is 0 Å². The van der Waals surface area contributed by atoms with Crippen LogP contribution in [0.25, 0.3) is 0 Å². The van der Waals surface area contributed by atoms with Gasteiger partial charge in [0.15, 0.2) is 0 Å². The lowest BCUT2D eigenvalue weighted by Gasteiger charge is -2.39. The fourth-order valence-corrected chi connectivity index (χ4v) is 3.54. The lowest BCUT2D eigenvalue weighted by Crippen LogP contribution is -2.64. The summed E-state index contributed by atoms with van der Waals surface area (Å²) < 4.78 is 0. The van der Waals surface area contributed by atoms with Gasteiger partial charge in [0.05, 0.1) is 0 Å². The first-order valence-corrected chi connectivity index (χ1v) is 8.51. The van der Waals surface area contributed by atoms with Gasteiger partial charge in [-0.3, -0.25) is 9.59 Å². The van der Waals surface area contributed by atoms with E-state index in [0.29, 0.717) is 0 Å². The summed E-state index contributed by atoms with van der Waals surface area (Å²) in [6, 6.07) is -0.671. The topological polar surface area (TPSA) is 49.4 Å². The van der Waals surface area contributed by atoms with Gasteiger partial charge in [0.1, 0.15) is 12.1 Å². The molecular formula is C17H30N2O2. The molecular weight excluding hydrogens is 264 g/mol. The van der Waals surface area contributed by atoms with Crippen LogP contribution in [0.4, 0.5) is 0 Å². The Hall–Kier alpha value is -1.06. The second-order valence-corrected chi connectivity index (χ2v) is 7.35. The molecule has 0 bridgehead atoms. The highest BCUT2D eigenvalue weighted by atomic mass is 16.2.